The van der Waals surface area contributed by atoms with Crippen LogP contribution in [-0.2, 0) is 26.2 Å². The Kier molecular flexibility index (Phi) is 5.13. The van der Waals surface area contributed by atoms with Crippen LogP contribution in [0.4, 0.5) is 0 Å². The molecule has 0 bridgehead atoms. The average Bonchev–Trinajstić information content (AvgIpc) is 2.37. The van der Waals surface area contributed by atoms with Crippen molar-refractivity contribution in [3.05, 3.63) is 18.7 Å². The van der Waals surface area contributed by atoms with E-state index < -0.39 is 0 Å². The minimum atomic E-state index is 1.06. The topological polar surface area (TPSA) is 32.6 Å². The zero-order chi connectivity index (χ0) is 8.69. The molecule has 60 valence electrons. The predicted octanol–water partition coefficient (Wildman–Crippen LogP) is 0.347. The maximum Gasteiger partial charge on any atom is 0.243 e. The van der Waals surface area contributed by atoms with Crippen molar-refractivity contribution in [3.8, 4) is 5.40 Å². The highest BCUT2D eigenvalue weighted by Gasteiger charge is 1.92. The summed E-state index contributed by atoms with van der Waals surface area (Å²) in [6.45, 7) is 3.18. The van der Waals surface area contributed by atoms with Crippen molar-refractivity contribution < 1.29 is 4.57 Å². The summed E-state index contributed by atoms with van der Waals surface area (Å²) in [6.07, 6.45) is 6.14. The fraction of sp³-hybridized carbons (Fsp3) is 0.429. The van der Waals surface area contributed by atoms with Gasteiger partial charge < -0.3 is 12.6 Å². The van der Waals surface area contributed by atoms with E-state index in [1.165, 1.54) is 5.40 Å². The van der Waals surface area contributed by atoms with Gasteiger partial charge in [0.15, 0.2) is 0 Å². The Bertz CT molecular complexity index is 236. The fourth-order valence-corrected chi connectivity index (χ4v) is 0.689. The van der Waals surface area contributed by atoms with Crippen molar-refractivity contribution in [2.75, 3.05) is 0 Å². The van der Waals surface area contributed by atoms with E-state index >= 15 is 0 Å². The summed E-state index contributed by atoms with van der Waals surface area (Å²) in [5, 5.41) is 8.47. The molecule has 0 aromatic carbocycles. The highest BCUT2D eigenvalue weighted by molar-refractivity contribution is 7.64. The van der Waals surface area contributed by atoms with E-state index in [0.717, 1.165) is 6.54 Å². The Balaban J connectivity index is 0.000000292. The Morgan fingerprint density at radius 3 is 2.45 bits per heavy atom. The zero-order valence-electron chi connectivity index (χ0n) is 6.69. The van der Waals surface area contributed by atoms with Crippen LogP contribution in [0.1, 0.15) is 6.92 Å². The third-order valence-electron chi connectivity index (χ3n) is 1.19. The van der Waals surface area contributed by atoms with Gasteiger partial charge in [-0.2, -0.15) is 0 Å². The average molecular weight is 169 g/mol. The van der Waals surface area contributed by atoms with Gasteiger partial charge in [0.1, 0.15) is 12.4 Å². The molecule has 4 heteroatoms. The van der Waals surface area contributed by atoms with E-state index in [4.69, 9.17) is 5.26 Å². The first-order chi connectivity index (χ1) is 5.24. The van der Waals surface area contributed by atoms with Crippen molar-refractivity contribution >= 4 is 12.6 Å². The number of rotatable bonds is 1. The van der Waals surface area contributed by atoms with E-state index in [1.807, 2.05) is 17.8 Å². The third-order valence-corrected chi connectivity index (χ3v) is 1.19. The van der Waals surface area contributed by atoms with Crippen LogP contribution in [0.25, 0.3) is 0 Å². The van der Waals surface area contributed by atoms with Gasteiger partial charge in [0.2, 0.25) is 6.33 Å². The first-order valence-electron chi connectivity index (χ1n) is 3.26. The first kappa shape index (κ1) is 9.92. The monoisotopic (exact) mass is 169 g/mol. The number of hydrogen-bond acceptors (Lipinski definition) is 2. The summed E-state index contributed by atoms with van der Waals surface area (Å²) in [7, 11) is 2.02. The Morgan fingerprint density at radius 2 is 2.27 bits per heavy atom. The highest BCUT2D eigenvalue weighted by atomic mass is 32.1. The third kappa shape index (κ3) is 4.34. The molecule has 1 rings (SSSR count). The predicted molar refractivity (Wildman–Crippen MR) is 44.3 cm³/mol. The van der Waals surface area contributed by atoms with Crippen molar-refractivity contribution in [2.24, 2.45) is 7.05 Å². The van der Waals surface area contributed by atoms with Crippen LogP contribution in [0.5, 0.6) is 0 Å². The Hall–Kier alpha value is -1.08. The fourth-order valence-electron chi connectivity index (χ4n) is 0.689. The smallest absolute Gasteiger partial charge is 0.243 e. The van der Waals surface area contributed by atoms with Gasteiger partial charge >= 0.3 is 0 Å². The Morgan fingerprint density at radius 1 is 1.73 bits per heavy atom. The lowest BCUT2D eigenvalue weighted by molar-refractivity contribution is -0.671. The van der Waals surface area contributed by atoms with Crippen LogP contribution in [0, 0.1) is 10.7 Å². The van der Waals surface area contributed by atoms with Crippen LogP contribution in [0.3, 0.4) is 0 Å². The van der Waals surface area contributed by atoms with E-state index in [-0.39, 0.29) is 0 Å². The van der Waals surface area contributed by atoms with Gasteiger partial charge in [-0.15, -0.1) is 0 Å². The molecule has 1 heterocycles. The number of aryl methyl sites for hydroxylation is 2. The largest absolute Gasteiger partial charge is 0.696 e. The van der Waals surface area contributed by atoms with Crippen LogP contribution in [0.2, 0.25) is 0 Å². The van der Waals surface area contributed by atoms with Gasteiger partial charge in [-0.05, 0) is 6.92 Å². The van der Waals surface area contributed by atoms with Crippen molar-refractivity contribution in [2.45, 2.75) is 13.5 Å². The molecule has 0 aliphatic rings. The molecule has 0 radical (unpaired) electrons. The number of nitrogens with zero attached hydrogens (tertiary/aromatic N) is 3. The number of aromatic nitrogens is 2. The molecule has 0 saturated heterocycles. The summed E-state index contributed by atoms with van der Waals surface area (Å²) >= 11 is 3.70. The number of nitriles is 1. The lowest BCUT2D eigenvalue weighted by Gasteiger charge is -1.81. The molecule has 0 unspecified atom stereocenters. The first-order valence-corrected chi connectivity index (χ1v) is 3.67. The van der Waals surface area contributed by atoms with Gasteiger partial charge in [0.05, 0.1) is 13.6 Å². The summed E-state index contributed by atoms with van der Waals surface area (Å²) in [6, 6.07) is 0. The second-order valence-corrected chi connectivity index (χ2v) is 2.18. The summed E-state index contributed by atoms with van der Waals surface area (Å²) in [5.41, 5.74) is 0. The second-order valence-electron chi connectivity index (χ2n) is 2.00. The molecule has 0 N–H and O–H groups in total. The van der Waals surface area contributed by atoms with E-state index in [2.05, 4.69) is 36.6 Å². The van der Waals surface area contributed by atoms with E-state index in [1.54, 1.807) is 0 Å². The molecule has 0 aliphatic heterocycles. The highest BCUT2D eigenvalue weighted by Crippen LogP contribution is 1.79. The Labute approximate surface area is 72.3 Å². The molecule has 1 aromatic rings. The number of thiocyanates is 1. The molecule has 0 atom stereocenters. The standard InChI is InChI=1S/C6H11N2.CHNS/c1-3-8-5-4-7(2)6-8;2-1-3/h4-6H,3H2,1-2H3;3H/q+1;/p-1. The minimum Gasteiger partial charge on any atom is -0.696 e. The molecule has 0 fully saturated rings. The van der Waals surface area contributed by atoms with Crippen molar-refractivity contribution in [1.82, 2.24) is 4.57 Å². The van der Waals surface area contributed by atoms with Gasteiger partial charge in [-0.25, -0.2) is 14.4 Å². The minimum absolute atomic E-state index is 1.06. The molecule has 1 aromatic heterocycles. The van der Waals surface area contributed by atoms with Gasteiger partial charge in [-0.3, -0.25) is 0 Å². The van der Waals surface area contributed by atoms with E-state index in [9.17, 15) is 0 Å². The summed E-state index contributed by atoms with van der Waals surface area (Å²) in [5.74, 6) is 0. The van der Waals surface area contributed by atoms with Crippen LogP contribution in [0.15, 0.2) is 18.7 Å². The second kappa shape index (κ2) is 5.69. The molecular formula is C7H11N3S. The zero-order valence-corrected chi connectivity index (χ0v) is 7.51. The summed E-state index contributed by atoms with van der Waals surface area (Å²) < 4.78 is 4.16. The van der Waals surface area contributed by atoms with E-state index in [0.29, 0.717) is 0 Å². The SMILES string of the molecule is CCn1cc[n+](C)c1.N#C[S-]. The number of hydrogen-bond donors (Lipinski definition) is 0. The maximum absolute atomic E-state index is 7.13. The number of imidazole rings is 1. The molecule has 0 spiro atoms. The quantitative estimate of drug-likeness (QED) is 0.345. The summed E-state index contributed by atoms with van der Waals surface area (Å²) in [4.78, 5) is 0. The molecule has 0 aliphatic carbocycles. The van der Waals surface area contributed by atoms with Gasteiger partial charge in [0, 0.05) is 0 Å². The molecule has 0 amide bonds. The van der Waals surface area contributed by atoms with Gasteiger partial charge in [-0.1, -0.05) is 5.40 Å². The molecular weight excluding hydrogens is 158 g/mol. The van der Waals surface area contributed by atoms with Crippen LogP contribution in [-0.4, -0.2) is 4.57 Å². The lowest BCUT2D eigenvalue weighted by atomic mass is 10.7. The lowest BCUT2D eigenvalue weighted by Crippen LogP contribution is -2.23. The molecule has 0 saturated carbocycles. The maximum atomic E-state index is 7.13. The van der Waals surface area contributed by atoms with Crippen LogP contribution >= 0.6 is 0 Å². The molecule has 3 nitrogen and oxygen atoms in total. The van der Waals surface area contributed by atoms with Crippen molar-refractivity contribution in [1.29, 1.82) is 5.26 Å². The normalized spacial score (nSPS) is 7.73. The van der Waals surface area contributed by atoms with Gasteiger partial charge in [0.25, 0.3) is 0 Å². The van der Waals surface area contributed by atoms with Crippen LogP contribution < -0.4 is 4.57 Å². The molecule has 11 heavy (non-hydrogen) atoms. The van der Waals surface area contributed by atoms with Crippen molar-refractivity contribution in [3.63, 3.8) is 0 Å².